The average Bonchev–Trinajstić information content (AvgIpc) is 3.15. The van der Waals surface area contributed by atoms with Crippen LogP contribution < -0.4 is 4.31 Å². The first-order chi connectivity index (χ1) is 11.6. The second-order valence-corrected chi connectivity index (χ2v) is 7.66. The van der Waals surface area contributed by atoms with Crippen LogP contribution in [0.2, 0.25) is 0 Å². The molecule has 0 saturated heterocycles. The summed E-state index contributed by atoms with van der Waals surface area (Å²) in [6, 6.07) is 16.6. The fourth-order valence-electron chi connectivity index (χ4n) is 2.16. The van der Waals surface area contributed by atoms with E-state index in [1.807, 2.05) is 0 Å². The number of rotatable bonds is 6. The van der Waals surface area contributed by atoms with Gasteiger partial charge in [0.05, 0.1) is 4.90 Å². The summed E-state index contributed by atoms with van der Waals surface area (Å²) in [5, 5.41) is 1.94. The van der Waals surface area contributed by atoms with Crippen LogP contribution in [0.15, 0.2) is 77.1 Å². The van der Waals surface area contributed by atoms with Crippen LogP contribution in [0.1, 0.15) is 10.4 Å². The van der Waals surface area contributed by atoms with Gasteiger partial charge >= 0.3 is 0 Å². The number of hydrogen-bond donors (Lipinski definition) is 0. The Morgan fingerprint density at radius 2 is 1.62 bits per heavy atom. The molecule has 0 N–H and O–H groups in total. The van der Waals surface area contributed by atoms with Gasteiger partial charge in [-0.25, -0.2) is 17.7 Å². The molecule has 1 heterocycles. The lowest BCUT2D eigenvalue weighted by molar-refractivity contribution is 0.100. The van der Waals surface area contributed by atoms with E-state index in [2.05, 4.69) is 4.98 Å². The van der Waals surface area contributed by atoms with Crippen molar-refractivity contribution in [2.75, 3.05) is 10.8 Å². The Morgan fingerprint density at radius 3 is 2.21 bits per heavy atom. The minimum atomic E-state index is -3.87. The van der Waals surface area contributed by atoms with Gasteiger partial charge in [-0.05, 0) is 12.1 Å². The molecule has 0 spiro atoms. The molecular weight excluding hydrogens is 344 g/mol. The van der Waals surface area contributed by atoms with Gasteiger partial charge < -0.3 is 0 Å². The van der Waals surface area contributed by atoms with Crippen LogP contribution in [0.5, 0.6) is 0 Å². The molecule has 0 aliphatic rings. The average molecular weight is 358 g/mol. The fourth-order valence-corrected chi connectivity index (χ4v) is 4.43. The molecule has 0 unspecified atom stereocenters. The molecule has 0 bridgehead atoms. The first-order valence-corrected chi connectivity index (χ1v) is 9.46. The number of hydrogen-bond acceptors (Lipinski definition) is 5. The Hall–Kier alpha value is -2.51. The van der Waals surface area contributed by atoms with E-state index in [1.54, 1.807) is 53.9 Å². The Morgan fingerprint density at radius 1 is 1.00 bits per heavy atom. The maximum atomic E-state index is 12.9. The van der Waals surface area contributed by atoms with Crippen molar-refractivity contribution in [3.8, 4) is 0 Å². The van der Waals surface area contributed by atoms with E-state index in [9.17, 15) is 13.2 Å². The number of carbonyl (C=O) groups excluding carboxylic acids is 1. The summed E-state index contributed by atoms with van der Waals surface area (Å²) in [6.07, 6.45) is 1.51. The number of aromatic nitrogens is 1. The molecule has 3 aromatic rings. The van der Waals surface area contributed by atoms with E-state index in [0.717, 1.165) is 4.31 Å². The summed E-state index contributed by atoms with van der Waals surface area (Å²) in [5.41, 5.74) is 0.460. The lowest BCUT2D eigenvalue weighted by Gasteiger charge is -2.21. The Balaban J connectivity index is 1.98. The van der Waals surface area contributed by atoms with Crippen molar-refractivity contribution in [1.82, 2.24) is 4.98 Å². The summed E-state index contributed by atoms with van der Waals surface area (Å²) >= 11 is 1.17. The van der Waals surface area contributed by atoms with Crippen molar-refractivity contribution >= 4 is 32.3 Å². The number of Topliss-reactive ketones (excluding diaryl/α,β-unsaturated/α-hetero) is 1. The summed E-state index contributed by atoms with van der Waals surface area (Å²) in [5.74, 6) is -0.287. The highest BCUT2D eigenvalue weighted by Crippen LogP contribution is 2.25. The van der Waals surface area contributed by atoms with Crippen LogP contribution in [-0.4, -0.2) is 25.7 Å². The number of thiazole rings is 1. The highest BCUT2D eigenvalue weighted by Gasteiger charge is 2.29. The number of anilines is 1. The molecule has 24 heavy (non-hydrogen) atoms. The molecule has 0 saturated carbocycles. The molecule has 0 radical (unpaired) electrons. The zero-order chi connectivity index (χ0) is 17.0. The second kappa shape index (κ2) is 6.94. The summed E-state index contributed by atoms with van der Waals surface area (Å²) in [7, 11) is -3.87. The minimum absolute atomic E-state index is 0.126. The first kappa shape index (κ1) is 16.4. The van der Waals surface area contributed by atoms with E-state index < -0.39 is 10.0 Å². The van der Waals surface area contributed by atoms with Crippen LogP contribution in [0.25, 0.3) is 0 Å². The van der Waals surface area contributed by atoms with Gasteiger partial charge in [-0.15, -0.1) is 11.3 Å². The lowest BCUT2D eigenvalue weighted by Crippen LogP contribution is -2.35. The highest BCUT2D eigenvalue weighted by atomic mass is 32.2. The number of ketones is 1. The predicted octanol–water partition coefficient (Wildman–Crippen LogP) is 3.22. The van der Waals surface area contributed by atoms with E-state index in [-0.39, 0.29) is 22.4 Å². The first-order valence-electron chi connectivity index (χ1n) is 7.14. The van der Waals surface area contributed by atoms with Crippen LogP contribution in [0.3, 0.4) is 0 Å². The number of benzene rings is 2. The SMILES string of the molecule is O=C(CN(c1nccs1)S(=O)(=O)c1ccccc1)c1ccccc1. The van der Waals surface area contributed by atoms with Crippen LogP contribution in [0.4, 0.5) is 5.13 Å². The third-order valence-corrected chi connectivity index (χ3v) is 6.01. The van der Waals surface area contributed by atoms with Crippen molar-refractivity contribution in [1.29, 1.82) is 0 Å². The van der Waals surface area contributed by atoms with Gasteiger partial charge in [0.15, 0.2) is 10.9 Å². The predicted molar refractivity (Wildman–Crippen MR) is 93.9 cm³/mol. The van der Waals surface area contributed by atoms with Gasteiger partial charge in [0, 0.05) is 17.1 Å². The van der Waals surface area contributed by atoms with Gasteiger partial charge in [0.2, 0.25) is 0 Å². The number of carbonyl (C=O) groups is 1. The normalized spacial score (nSPS) is 11.2. The summed E-state index contributed by atoms with van der Waals surface area (Å²) in [6.45, 7) is -0.297. The molecule has 0 aliphatic heterocycles. The molecule has 2 aromatic carbocycles. The van der Waals surface area contributed by atoms with E-state index >= 15 is 0 Å². The molecule has 7 heteroatoms. The molecule has 0 aliphatic carbocycles. The zero-order valence-corrected chi connectivity index (χ0v) is 14.2. The molecular formula is C17H14N2O3S2. The van der Waals surface area contributed by atoms with Crippen molar-refractivity contribution < 1.29 is 13.2 Å². The standard InChI is InChI=1S/C17H14N2O3S2/c20-16(14-7-3-1-4-8-14)13-19(17-18-11-12-23-17)24(21,22)15-9-5-2-6-10-15/h1-12H,13H2. The molecule has 5 nitrogen and oxygen atoms in total. The highest BCUT2D eigenvalue weighted by molar-refractivity contribution is 7.93. The topological polar surface area (TPSA) is 67.3 Å². The molecule has 0 amide bonds. The van der Waals surface area contributed by atoms with E-state index in [0.29, 0.717) is 5.56 Å². The summed E-state index contributed by atoms with van der Waals surface area (Å²) in [4.78, 5) is 16.7. The number of sulfonamides is 1. The third kappa shape index (κ3) is 3.37. The van der Waals surface area contributed by atoms with Crippen LogP contribution in [0, 0.1) is 0 Å². The largest absolute Gasteiger partial charge is 0.292 e. The minimum Gasteiger partial charge on any atom is -0.292 e. The van der Waals surface area contributed by atoms with Crippen molar-refractivity contribution in [3.05, 3.63) is 77.8 Å². The third-order valence-electron chi connectivity index (χ3n) is 3.35. The van der Waals surface area contributed by atoms with Crippen LogP contribution in [-0.2, 0) is 10.0 Å². The Labute approximate surface area is 144 Å². The fraction of sp³-hybridized carbons (Fsp3) is 0.0588. The molecule has 1 aromatic heterocycles. The van der Waals surface area contributed by atoms with Gasteiger partial charge in [-0.1, -0.05) is 48.5 Å². The zero-order valence-electron chi connectivity index (χ0n) is 12.6. The Bertz CT molecular complexity index is 909. The monoisotopic (exact) mass is 358 g/mol. The van der Waals surface area contributed by atoms with Crippen molar-refractivity contribution in [2.24, 2.45) is 0 Å². The van der Waals surface area contributed by atoms with Gasteiger partial charge in [-0.3, -0.25) is 4.79 Å². The Kier molecular flexibility index (Phi) is 4.73. The van der Waals surface area contributed by atoms with Gasteiger partial charge in [0.25, 0.3) is 10.0 Å². The van der Waals surface area contributed by atoms with Gasteiger partial charge in [0.1, 0.15) is 6.54 Å². The smallest absolute Gasteiger partial charge is 0.266 e. The van der Waals surface area contributed by atoms with Crippen molar-refractivity contribution in [3.63, 3.8) is 0 Å². The summed E-state index contributed by atoms with van der Waals surface area (Å²) < 4.78 is 26.9. The molecule has 0 fully saturated rings. The molecule has 122 valence electrons. The number of nitrogens with zero attached hydrogens (tertiary/aromatic N) is 2. The van der Waals surface area contributed by atoms with E-state index in [1.165, 1.54) is 29.7 Å². The maximum Gasteiger partial charge on any atom is 0.266 e. The second-order valence-electron chi connectivity index (χ2n) is 4.93. The quantitative estimate of drug-likeness (QED) is 0.635. The molecule has 0 atom stereocenters. The van der Waals surface area contributed by atoms with Gasteiger partial charge in [-0.2, -0.15) is 0 Å². The lowest BCUT2D eigenvalue weighted by atomic mass is 10.1. The van der Waals surface area contributed by atoms with Crippen LogP contribution >= 0.6 is 11.3 Å². The van der Waals surface area contributed by atoms with Crippen molar-refractivity contribution in [2.45, 2.75) is 4.90 Å². The molecule has 3 rings (SSSR count). The maximum absolute atomic E-state index is 12.9. The van der Waals surface area contributed by atoms with E-state index in [4.69, 9.17) is 0 Å².